The molecular formula is C13H24O5S. The molecule has 0 atom stereocenters. The molecule has 0 unspecified atom stereocenters. The summed E-state index contributed by atoms with van der Waals surface area (Å²) in [5.74, 6) is -0.116. The number of hydrogen-bond donors (Lipinski definition) is 0. The summed E-state index contributed by atoms with van der Waals surface area (Å²) in [6.07, 6.45) is 3.44. The lowest BCUT2D eigenvalue weighted by Crippen LogP contribution is -2.37. The van der Waals surface area contributed by atoms with Crippen molar-refractivity contribution in [2.75, 3.05) is 19.8 Å². The second-order valence-corrected chi connectivity index (χ2v) is 8.77. The summed E-state index contributed by atoms with van der Waals surface area (Å²) in [4.78, 5) is 0. The standard InChI is InChI=1S/C13H24O5S/c1-12(2,3)19(14,15)18-10-11-4-6-13(7-5-11)16-8-9-17-13/h11H,4-10H2,1-3H3. The normalized spacial score (nSPS) is 25.0. The van der Waals surface area contributed by atoms with Gasteiger partial charge in [0.1, 0.15) is 0 Å². The van der Waals surface area contributed by atoms with Gasteiger partial charge in [-0.05, 0) is 39.5 Å². The molecule has 0 amide bonds. The van der Waals surface area contributed by atoms with Crippen LogP contribution in [0.15, 0.2) is 0 Å². The van der Waals surface area contributed by atoms with Gasteiger partial charge in [-0.1, -0.05) is 0 Å². The van der Waals surface area contributed by atoms with Gasteiger partial charge in [0.15, 0.2) is 5.79 Å². The lowest BCUT2D eigenvalue weighted by molar-refractivity contribution is -0.183. The van der Waals surface area contributed by atoms with Gasteiger partial charge in [-0.25, -0.2) is 0 Å². The lowest BCUT2D eigenvalue weighted by Gasteiger charge is -2.35. The average Bonchev–Trinajstić information content (AvgIpc) is 2.76. The maximum Gasteiger partial charge on any atom is 0.272 e. The van der Waals surface area contributed by atoms with Crippen molar-refractivity contribution in [1.82, 2.24) is 0 Å². The highest BCUT2D eigenvalue weighted by molar-refractivity contribution is 7.88. The van der Waals surface area contributed by atoms with Gasteiger partial charge in [-0.2, -0.15) is 8.42 Å². The van der Waals surface area contributed by atoms with E-state index in [4.69, 9.17) is 13.7 Å². The third-order valence-electron chi connectivity index (χ3n) is 3.89. The smallest absolute Gasteiger partial charge is 0.272 e. The van der Waals surface area contributed by atoms with E-state index in [2.05, 4.69) is 0 Å². The Hall–Kier alpha value is -0.170. The highest BCUT2D eigenvalue weighted by Gasteiger charge is 2.41. The first kappa shape index (κ1) is 15.2. The van der Waals surface area contributed by atoms with Crippen LogP contribution in [0.4, 0.5) is 0 Å². The molecule has 1 saturated carbocycles. The van der Waals surface area contributed by atoms with Crippen LogP contribution < -0.4 is 0 Å². The minimum Gasteiger partial charge on any atom is -0.348 e. The first-order valence-corrected chi connectivity index (χ1v) is 8.32. The van der Waals surface area contributed by atoms with E-state index < -0.39 is 14.9 Å². The Morgan fingerprint density at radius 2 is 1.68 bits per heavy atom. The third-order valence-corrected chi connectivity index (χ3v) is 5.84. The van der Waals surface area contributed by atoms with E-state index in [1.54, 1.807) is 20.8 Å². The molecule has 5 nitrogen and oxygen atoms in total. The highest BCUT2D eigenvalue weighted by atomic mass is 32.2. The zero-order chi connectivity index (χ0) is 14.1. The predicted octanol–water partition coefficient (Wildman–Crippen LogP) is 2.06. The van der Waals surface area contributed by atoms with Crippen LogP contribution in [0.25, 0.3) is 0 Å². The van der Waals surface area contributed by atoms with Crippen LogP contribution in [0, 0.1) is 5.92 Å². The predicted molar refractivity (Wildman–Crippen MR) is 71.2 cm³/mol. The molecule has 1 heterocycles. The summed E-state index contributed by atoms with van der Waals surface area (Å²) < 4.78 is 39.4. The van der Waals surface area contributed by atoms with Crippen molar-refractivity contribution in [3.8, 4) is 0 Å². The van der Waals surface area contributed by atoms with Gasteiger partial charge >= 0.3 is 0 Å². The average molecular weight is 292 g/mol. The van der Waals surface area contributed by atoms with Gasteiger partial charge in [-0.15, -0.1) is 0 Å². The molecule has 1 saturated heterocycles. The van der Waals surface area contributed by atoms with Crippen LogP contribution in [0.5, 0.6) is 0 Å². The van der Waals surface area contributed by atoms with Gasteiger partial charge in [-0.3, -0.25) is 4.18 Å². The fourth-order valence-corrected chi connectivity index (χ4v) is 3.16. The summed E-state index contributed by atoms with van der Waals surface area (Å²) >= 11 is 0. The van der Waals surface area contributed by atoms with E-state index in [0.717, 1.165) is 25.7 Å². The lowest BCUT2D eigenvalue weighted by atomic mass is 9.86. The first-order chi connectivity index (χ1) is 8.74. The third kappa shape index (κ3) is 3.48. The van der Waals surface area contributed by atoms with Crippen LogP contribution in [0.1, 0.15) is 46.5 Å². The molecule has 0 aromatic carbocycles. The molecule has 0 aromatic heterocycles. The molecule has 2 rings (SSSR count). The Bertz CT molecular complexity index is 393. The fourth-order valence-electron chi connectivity index (χ4n) is 2.43. The molecule has 1 aliphatic carbocycles. The van der Waals surface area contributed by atoms with Gasteiger partial charge < -0.3 is 9.47 Å². The van der Waals surface area contributed by atoms with Crippen molar-refractivity contribution < 1.29 is 22.1 Å². The van der Waals surface area contributed by atoms with E-state index in [0.29, 0.717) is 13.2 Å². The van der Waals surface area contributed by atoms with Crippen molar-refractivity contribution in [1.29, 1.82) is 0 Å². The Kier molecular flexibility index (Phi) is 4.26. The van der Waals surface area contributed by atoms with E-state index in [1.165, 1.54) is 0 Å². The van der Waals surface area contributed by atoms with Crippen LogP contribution in [-0.2, 0) is 23.8 Å². The molecule has 0 radical (unpaired) electrons. The van der Waals surface area contributed by atoms with E-state index in [1.807, 2.05) is 0 Å². The zero-order valence-electron chi connectivity index (χ0n) is 12.0. The fraction of sp³-hybridized carbons (Fsp3) is 1.00. The quantitative estimate of drug-likeness (QED) is 0.745. The van der Waals surface area contributed by atoms with E-state index in [9.17, 15) is 8.42 Å². The molecule has 0 aromatic rings. The molecular weight excluding hydrogens is 268 g/mol. The first-order valence-electron chi connectivity index (χ1n) is 6.91. The Morgan fingerprint density at radius 1 is 1.16 bits per heavy atom. The van der Waals surface area contributed by atoms with Crippen molar-refractivity contribution in [2.45, 2.75) is 57.0 Å². The number of hydrogen-bond acceptors (Lipinski definition) is 5. The maximum absolute atomic E-state index is 11.9. The minimum atomic E-state index is -3.49. The van der Waals surface area contributed by atoms with Crippen LogP contribution in [0.2, 0.25) is 0 Å². The minimum absolute atomic E-state index is 0.273. The second-order valence-electron chi connectivity index (χ2n) is 6.40. The van der Waals surface area contributed by atoms with Crippen molar-refractivity contribution in [2.24, 2.45) is 5.92 Å². The summed E-state index contributed by atoms with van der Waals surface area (Å²) in [7, 11) is -3.49. The van der Waals surface area contributed by atoms with Gasteiger partial charge in [0.2, 0.25) is 0 Å². The van der Waals surface area contributed by atoms with Crippen LogP contribution in [0.3, 0.4) is 0 Å². The van der Waals surface area contributed by atoms with E-state index in [-0.39, 0.29) is 18.3 Å². The van der Waals surface area contributed by atoms with Crippen molar-refractivity contribution in [3.05, 3.63) is 0 Å². The van der Waals surface area contributed by atoms with Gasteiger partial charge in [0, 0.05) is 12.8 Å². The molecule has 2 fully saturated rings. The Balaban J connectivity index is 1.80. The molecule has 6 heteroatoms. The van der Waals surface area contributed by atoms with E-state index >= 15 is 0 Å². The van der Waals surface area contributed by atoms with Crippen molar-refractivity contribution >= 4 is 10.1 Å². The molecule has 2 aliphatic rings. The second kappa shape index (κ2) is 5.31. The number of rotatable bonds is 3. The summed E-state index contributed by atoms with van der Waals surface area (Å²) in [6.45, 7) is 6.56. The topological polar surface area (TPSA) is 61.8 Å². The monoisotopic (exact) mass is 292 g/mol. The van der Waals surface area contributed by atoms with Crippen LogP contribution in [-0.4, -0.2) is 38.8 Å². The summed E-state index contributed by atoms with van der Waals surface area (Å²) in [5.41, 5.74) is 0. The maximum atomic E-state index is 11.9. The largest absolute Gasteiger partial charge is 0.348 e. The molecule has 112 valence electrons. The van der Waals surface area contributed by atoms with Gasteiger partial charge in [0.25, 0.3) is 10.1 Å². The van der Waals surface area contributed by atoms with Gasteiger partial charge in [0.05, 0.1) is 24.6 Å². The Morgan fingerprint density at radius 3 is 2.16 bits per heavy atom. The molecule has 1 spiro atoms. The number of ether oxygens (including phenoxy) is 2. The molecule has 1 aliphatic heterocycles. The highest BCUT2D eigenvalue weighted by Crippen LogP contribution is 2.38. The van der Waals surface area contributed by atoms with Crippen molar-refractivity contribution in [3.63, 3.8) is 0 Å². The summed E-state index contributed by atoms with van der Waals surface area (Å²) in [5, 5.41) is 0. The zero-order valence-corrected chi connectivity index (χ0v) is 12.8. The molecule has 0 bridgehead atoms. The van der Waals surface area contributed by atoms with Crippen LogP contribution >= 0.6 is 0 Å². The molecule has 0 N–H and O–H groups in total. The SMILES string of the molecule is CC(C)(C)S(=O)(=O)OCC1CCC2(CC1)OCCO2. The Labute approximate surface area is 115 Å². The summed E-state index contributed by atoms with van der Waals surface area (Å²) in [6, 6.07) is 0. The molecule has 19 heavy (non-hydrogen) atoms.